The highest BCUT2D eigenvalue weighted by Crippen LogP contribution is 2.35. The summed E-state index contributed by atoms with van der Waals surface area (Å²) in [4.78, 5) is 34.6. The number of thiocarbonyl (C=S) groups is 1. The van der Waals surface area contributed by atoms with Crippen molar-refractivity contribution in [1.29, 1.82) is 0 Å². The van der Waals surface area contributed by atoms with E-state index >= 15 is 0 Å². The minimum absolute atomic E-state index is 0.103. The van der Waals surface area contributed by atoms with Crippen LogP contribution in [0.25, 0.3) is 17.4 Å². The van der Waals surface area contributed by atoms with Crippen molar-refractivity contribution in [2.24, 2.45) is 0 Å². The van der Waals surface area contributed by atoms with Crippen LogP contribution in [-0.2, 0) is 9.59 Å². The van der Waals surface area contributed by atoms with Gasteiger partial charge in [0, 0.05) is 12.1 Å². The molecule has 0 unspecified atom stereocenters. The van der Waals surface area contributed by atoms with Gasteiger partial charge >= 0.3 is 0 Å². The number of hydrogen-bond acceptors (Lipinski definition) is 8. The lowest BCUT2D eigenvalue weighted by atomic mass is 10.1. The monoisotopic (exact) mass is 389 g/mol. The molecule has 1 fully saturated rings. The minimum atomic E-state index is -1.42. The zero-order valence-corrected chi connectivity index (χ0v) is 14.5. The minimum Gasteiger partial charge on any atom is -0.548 e. The number of thioether (sulfide) groups is 1. The Morgan fingerprint density at radius 3 is 2.73 bits per heavy atom. The van der Waals surface area contributed by atoms with Crippen LogP contribution in [0.15, 0.2) is 45.7 Å². The Hall–Kier alpha value is -2.98. The molecule has 26 heavy (non-hydrogen) atoms. The molecular weight excluding hydrogens is 380 g/mol. The highest BCUT2D eigenvalue weighted by atomic mass is 32.2. The van der Waals surface area contributed by atoms with Gasteiger partial charge in [0.25, 0.3) is 11.6 Å². The van der Waals surface area contributed by atoms with Crippen molar-refractivity contribution < 1.29 is 24.0 Å². The molecule has 0 radical (unpaired) electrons. The first-order chi connectivity index (χ1) is 12.4. The summed E-state index contributed by atoms with van der Waals surface area (Å²) in [7, 11) is 0. The molecule has 0 aliphatic carbocycles. The molecule has 2 aromatic rings. The van der Waals surface area contributed by atoms with E-state index in [-0.39, 0.29) is 26.4 Å². The van der Waals surface area contributed by atoms with Crippen molar-refractivity contribution in [2.75, 3.05) is 6.54 Å². The number of carbonyl (C=O) groups is 2. The molecule has 1 saturated heterocycles. The van der Waals surface area contributed by atoms with Crippen molar-refractivity contribution in [2.45, 2.75) is 0 Å². The van der Waals surface area contributed by atoms with Crippen LogP contribution in [0, 0.1) is 10.1 Å². The third kappa shape index (κ3) is 3.51. The van der Waals surface area contributed by atoms with Crippen LogP contribution >= 0.6 is 24.0 Å². The van der Waals surface area contributed by atoms with E-state index in [1.54, 1.807) is 30.3 Å². The standard InChI is InChI=1S/C16H10N2O6S2/c19-14(20)8-17-15(21)13(26-16(17)25)7-9-5-6-12(24-9)10-3-1-2-4-11(10)18(22)23/h1-7H,8H2,(H,19,20)/p-1/b13-7-. The number of benzene rings is 1. The second kappa shape index (κ2) is 7.10. The van der Waals surface area contributed by atoms with E-state index < -0.39 is 23.3 Å². The van der Waals surface area contributed by atoms with E-state index in [9.17, 15) is 24.8 Å². The fraction of sp³-hybridized carbons (Fsp3) is 0.0625. The molecule has 1 aliphatic rings. The SMILES string of the molecule is O=C([O-])CN1C(=O)/C(=C/c2ccc(-c3ccccc3[N+](=O)[O-])o2)SC1=S. The van der Waals surface area contributed by atoms with Crippen molar-refractivity contribution in [1.82, 2.24) is 4.90 Å². The maximum absolute atomic E-state index is 12.2. The van der Waals surface area contributed by atoms with Crippen LogP contribution in [0.5, 0.6) is 0 Å². The molecule has 0 N–H and O–H groups in total. The Bertz CT molecular complexity index is 965. The molecule has 8 nitrogen and oxygen atoms in total. The first-order valence-electron chi connectivity index (χ1n) is 7.15. The molecule has 132 valence electrons. The molecule has 1 aliphatic heterocycles. The Labute approximate surface area is 156 Å². The van der Waals surface area contributed by atoms with E-state index in [0.717, 1.165) is 16.7 Å². The summed E-state index contributed by atoms with van der Waals surface area (Å²) in [6, 6.07) is 9.22. The normalized spacial score (nSPS) is 15.7. The lowest BCUT2D eigenvalue weighted by Crippen LogP contribution is -2.40. The number of carboxylic acid groups (broad SMARTS) is 1. The molecular formula is C16H9N2O6S2-. The first-order valence-corrected chi connectivity index (χ1v) is 8.38. The molecule has 1 aromatic heterocycles. The third-order valence-electron chi connectivity index (χ3n) is 3.43. The Morgan fingerprint density at radius 2 is 2.04 bits per heavy atom. The number of hydrogen-bond donors (Lipinski definition) is 0. The highest BCUT2D eigenvalue weighted by Gasteiger charge is 2.32. The maximum Gasteiger partial charge on any atom is 0.280 e. The van der Waals surface area contributed by atoms with Crippen LogP contribution < -0.4 is 5.11 Å². The van der Waals surface area contributed by atoms with E-state index in [2.05, 4.69) is 0 Å². The average molecular weight is 389 g/mol. The van der Waals surface area contributed by atoms with E-state index in [0.29, 0.717) is 5.56 Å². The number of rotatable bonds is 5. The van der Waals surface area contributed by atoms with Gasteiger partial charge in [-0.2, -0.15) is 0 Å². The van der Waals surface area contributed by atoms with Crippen LogP contribution in [0.4, 0.5) is 5.69 Å². The smallest absolute Gasteiger partial charge is 0.280 e. The highest BCUT2D eigenvalue weighted by molar-refractivity contribution is 8.26. The molecule has 1 amide bonds. The van der Waals surface area contributed by atoms with Crippen LogP contribution in [0.1, 0.15) is 5.76 Å². The third-order valence-corrected chi connectivity index (χ3v) is 4.80. The lowest BCUT2D eigenvalue weighted by Gasteiger charge is -2.14. The molecule has 10 heteroatoms. The van der Waals surface area contributed by atoms with Crippen molar-refractivity contribution >= 4 is 51.9 Å². The Balaban J connectivity index is 1.89. The second-order valence-electron chi connectivity index (χ2n) is 5.12. The summed E-state index contributed by atoms with van der Waals surface area (Å²) in [6.45, 7) is -0.623. The van der Waals surface area contributed by atoms with Gasteiger partial charge in [0.2, 0.25) is 0 Å². The van der Waals surface area contributed by atoms with E-state index in [1.165, 1.54) is 12.1 Å². The summed E-state index contributed by atoms with van der Waals surface area (Å²) in [5.74, 6) is -1.42. The summed E-state index contributed by atoms with van der Waals surface area (Å²) < 4.78 is 5.69. The van der Waals surface area contributed by atoms with E-state index in [1.807, 2.05) is 0 Å². The molecule has 3 rings (SSSR count). The maximum atomic E-state index is 12.2. The fourth-order valence-electron chi connectivity index (χ4n) is 2.31. The van der Waals surface area contributed by atoms with Gasteiger partial charge in [-0.05, 0) is 18.2 Å². The number of amides is 1. The topological polar surface area (TPSA) is 117 Å². The van der Waals surface area contributed by atoms with Gasteiger partial charge in [0.15, 0.2) is 0 Å². The number of nitro benzene ring substituents is 1. The number of nitrogens with zero attached hydrogens (tertiary/aromatic N) is 2. The number of para-hydroxylation sites is 1. The van der Waals surface area contributed by atoms with Crippen molar-refractivity contribution in [3.05, 3.63) is 57.2 Å². The lowest BCUT2D eigenvalue weighted by molar-refractivity contribution is -0.384. The molecule has 0 saturated carbocycles. The van der Waals surface area contributed by atoms with Gasteiger partial charge in [0.05, 0.1) is 27.9 Å². The molecule has 1 aromatic carbocycles. The summed E-state index contributed by atoms with van der Waals surface area (Å²) >= 11 is 5.93. The summed E-state index contributed by atoms with van der Waals surface area (Å²) in [5.41, 5.74) is 0.204. The molecule has 0 bridgehead atoms. The van der Waals surface area contributed by atoms with E-state index in [4.69, 9.17) is 16.6 Å². The van der Waals surface area contributed by atoms with Crippen LogP contribution in [0.3, 0.4) is 0 Å². The number of furan rings is 1. The average Bonchev–Trinajstić information content (AvgIpc) is 3.15. The zero-order valence-electron chi connectivity index (χ0n) is 12.9. The summed E-state index contributed by atoms with van der Waals surface area (Å²) in [6.07, 6.45) is 1.41. The molecule has 0 spiro atoms. The van der Waals surface area contributed by atoms with Crippen molar-refractivity contribution in [3.63, 3.8) is 0 Å². The summed E-state index contributed by atoms with van der Waals surface area (Å²) in [5, 5.41) is 21.8. The fourth-order valence-corrected chi connectivity index (χ4v) is 3.55. The zero-order chi connectivity index (χ0) is 18.8. The number of carboxylic acids is 1. The van der Waals surface area contributed by atoms with Gasteiger partial charge < -0.3 is 14.3 Å². The molecule has 0 atom stereocenters. The van der Waals surface area contributed by atoms with Gasteiger partial charge in [-0.15, -0.1) is 0 Å². The van der Waals surface area contributed by atoms with Crippen LogP contribution in [-0.4, -0.2) is 32.6 Å². The Kier molecular flexibility index (Phi) is 4.87. The van der Waals surface area contributed by atoms with Gasteiger partial charge in [-0.25, -0.2) is 0 Å². The first kappa shape index (κ1) is 17.8. The molecule has 2 heterocycles. The quantitative estimate of drug-likeness (QED) is 0.329. The Morgan fingerprint density at radius 1 is 1.31 bits per heavy atom. The number of nitro groups is 1. The van der Waals surface area contributed by atoms with Gasteiger partial charge in [-0.3, -0.25) is 19.8 Å². The van der Waals surface area contributed by atoms with Crippen LogP contribution in [0.2, 0.25) is 0 Å². The van der Waals surface area contributed by atoms with Gasteiger partial charge in [-0.1, -0.05) is 36.1 Å². The predicted octanol–water partition coefficient (Wildman–Crippen LogP) is 1.81. The van der Waals surface area contributed by atoms with Gasteiger partial charge in [0.1, 0.15) is 15.8 Å². The number of carbonyl (C=O) groups excluding carboxylic acids is 2. The number of aliphatic carboxylic acids is 1. The predicted molar refractivity (Wildman–Crippen MR) is 95.7 cm³/mol. The largest absolute Gasteiger partial charge is 0.548 e. The van der Waals surface area contributed by atoms with Crippen molar-refractivity contribution in [3.8, 4) is 11.3 Å². The second-order valence-corrected chi connectivity index (χ2v) is 6.79.